The summed E-state index contributed by atoms with van der Waals surface area (Å²) < 4.78 is 5.96. The highest BCUT2D eigenvalue weighted by Gasteiger charge is 2.12. The average molecular weight is 551 g/mol. The Labute approximate surface area is 249 Å². The number of hydrogen-bond donors (Lipinski definition) is 0. The molecule has 0 aliphatic heterocycles. The Morgan fingerprint density at radius 2 is 1.15 bits per heavy atom. The fourth-order valence-corrected chi connectivity index (χ4v) is 4.26. The molecule has 226 valence electrons. The third-order valence-electron chi connectivity index (χ3n) is 6.67. The van der Waals surface area contributed by atoms with Crippen molar-refractivity contribution >= 4 is 5.97 Å². The molecule has 0 spiro atoms. The van der Waals surface area contributed by atoms with Crippen LogP contribution in [-0.2, 0) is 9.53 Å². The van der Waals surface area contributed by atoms with E-state index >= 15 is 0 Å². The molecule has 0 saturated carbocycles. The molecule has 0 aromatic carbocycles. The van der Waals surface area contributed by atoms with Crippen LogP contribution < -0.4 is 0 Å². The maximum Gasteiger partial charge on any atom is 0.306 e. The monoisotopic (exact) mass is 550 g/mol. The summed E-state index contributed by atoms with van der Waals surface area (Å²) in [5.41, 5.74) is 5.36. The predicted octanol–water partition coefficient (Wildman–Crippen LogP) is 12.3. The van der Waals surface area contributed by atoms with Crippen LogP contribution in [-0.4, -0.2) is 12.1 Å². The zero-order valence-corrected chi connectivity index (χ0v) is 27.3. The summed E-state index contributed by atoms with van der Waals surface area (Å²) in [6, 6.07) is 0. The van der Waals surface area contributed by atoms with Gasteiger partial charge in [-0.15, -0.1) is 0 Å². The van der Waals surface area contributed by atoms with Gasteiger partial charge in [-0.05, 0) is 112 Å². The largest absolute Gasteiger partial charge is 0.458 e. The molecule has 0 heterocycles. The summed E-state index contributed by atoms with van der Waals surface area (Å²) >= 11 is 0. The molecule has 0 saturated heterocycles. The second-order valence-electron chi connectivity index (χ2n) is 11.6. The van der Waals surface area contributed by atoms with Crippen molar-refractivity contribution in [3.63, 3.8) is 0 Å². The Hall–Kier alpha value is -2.35. The minimum Gasteiger partial charge on any atom is -0.458 e. The standard InChI is InChI=1S/C38H62O2/c1-8-9-10-11-12-13-14-15-16-17-18-19-20-21-22-29-38(39)40-37(32-36(7)28-24-26-34(4)5)31-30-35(6)27-23-25-33(2)3/h9-10,12-13,15-16,25-26,30,32,37H,8,11,14,17-24,27-29,31H2,1-7H3/b10-9-,13-12-,16-15-,35-30+,36-32+. The van der Waals surface area contributed by atoms with Gasteiger partial charge in [-0.2, -0.15) is 0 Å². The van der Waals surface area contributed by atoms with Crippen molar-refractivity contribution in [3.8, 4) is 0 Å². The second kappa shape index (κ2) is 26.9. The van der Waals surface area contributed by atoms with Crippen molar-refractivity contribution in [2.45, 2.75) is 151 Å². The van der Waals surface area contributed by atoms with Crippen molar-refractivity contribution < 1.29 is 9.53 Å². The summed E-state index contributed by atoms with van der Waals surface area (Å²) in [6.07, 6.45) is 37.7. The first kappa shape index (κ1) is 37.6. The van der Waals surface area contributed by atoms with Gasteiger partial charge in [-0.25, -0.2) is 0 Å². The molecule has 0 aromatic rings. The van der Waals surface area contributed by atoms with Crippen LogP contribution in [0.2, 0.25) is 0 Å². The van der Waals surface area contributed by atoms with Crippen molar-refractivity contribution in [2.75, 3.05) is 0 Å². The van der Waals surface area contributed by atoms with Crippen molar-refractivity contribution in [3.05, 3.63) is 83.1 Å². The highest BCUT2D eigenvalue weighted by molar-refractivity contribution is 5.69. The van der Waals surface area contributed by atoms with E-state index in [-0.39, 0.29) is 12.1 Å². The Bertz CT molecular complexity index is 852. The predicted molar refractivity (Wildman–Crippen MR) is 179 cm³/mol. The Balaban J connectivity index is 4.44. The highest BCUT2D eigenvalue weighted by atomic mass is 16.5. The molecule has 0 radical (unpaired) electrons. The van der Waals surface area contributed by atoms with Crippen LogP contribution in [0.25, 0.3) is 0 Å². The van der Waals surface area contributed by atoms with E-state index in [0.29, 0.717) is 6.42 Å². The minimum atomic E-state index is -0.174. The van der Waals surface area contributed by atoms with Crippen LogP contribution in [0.4, 0.5) is 0 Å². The lowest BCUT2D eigenvalue weighted by Crippen LogP contribution is -2.16. The Morgan fingerprint density at radius 1 is 0.600 bits per heavy atom. The van der Waals surface area contributed by atoms with Gasteiger partial charge < -0.3 is 4.74 Å². The van der Waals surface area contributed by atoms with Gasteiger partial charge in [0.15, 0.2) is 0 Å². The number of carbonyl (C=O) groups excluding carboxylic acids is 1. The number of allylic oxidation sites excluding steroid dienone is 12. The van der Waals surface area contributed by atoms with Crippen molar-refractivity contribution in [1.29, 1.82) is 0 Å². The Morgan fingerprint density at radius 3 is 1.77 bits per heavy atom. The van der Waals surface area contributed by atoms with Gasteiger partial charge in [0.2, 0.25) is 0 Å². The molecule has 0 rings (SSSR count). The summed E-state index contributed by atoms with van der Waals surface area (Å²) in [5, 5.41) is 0. The van der Waals surface area contributed by atoms with Crippen LogP contribution in [0.3, 0.4) is 0 Å². The third kappa shape index (κ3) is 27.2. The number of unbranched alkanes of at least 4 members (excludes halogenated alkanes) is 5. The molecule has 0 aromatic heterocycles. The number of carbonyl (C=O) groups is 1. The summed E-state index contributed by atoms with van der Waals surface area (Å²) in [5.74, 6) is -0.0601. The second-order valence-corrected chi connectivity index (χ2v) is 11.6. The molecule has 0 fully saturated rings. The average Bonchev–Trinajstić information content (AvgIpc) is 2.89. The van der Waals surface area contributed by atoms with Gasteiger partial charge in [0.05, 0.1) is 0 Å². The summed E-state index contributed by atoms with van der Waals surface area (Å²) in [6.45, 7) is 15.1. The van der Waals surface area contributed by atoms with Crippen molar-refractivity contribution in [2.24, 2.45) is 0 Å². The zero-order valence-electron chi connectivity index (χ0n) is 27.3. The highest BCUT2D eigenvalue weighted by Crippen LogP contribution is 2.16. The molecule has 0 aliphatic rings. The van der Waals surface area contributed by atoms with E-state index in [9.17, 15) is 4.79 Å². The maximum atomic E-state index is 12.7. The fraction of sp³-hybridized carbons (Fsp3) is 0.605. The molecule has 40 heavy (non-hydrogen) atoms. The van der Waals surface area contributed by atoms with E-state index in [1.165, 1.54) is 41.6 Å². The minimum absolute atomic E-state index is 0.0601. The van der Waals surface area contributed by atoms with Gasteiger partial charge in [-0.3, -0.25) is 4.79 Å². The van der Waals surface area contributed by atoms with E-state index in [1.54, 1.807) is 0 Å². The molecule has 2 nitrogen and oxygen atoms in total. The molecule has 0 amide bonds. The SMILES string of the molecule is CC/C=C\C/C=C\C/C=C\CCCCCCCC(=O)OC(/C=C(\C)CCC=C(C)C)C/C=C(\C)CCC=C(C)C. The van der Waals surface area contributed by atoms with E-state index in [2.05, 4.69) is 109 Å². The van der Waals surface area contributed by atoms with Gasteiger partial charge in [0.25, 0.3) is 0 Å². The Kier molecular flexibility index (Phi) is 25.3. The van der Waals surface area contributed by atoms with Crippen LogP contribution in [0.1, 0.15) is 145 Å². The third-order valence-corrected chi connectivity index (χ3v) is 6.67. The quantitative estimate of drug-likeness (QED) is 0.0718. The van der Waals surface area contributed by atoms with Gasteiger partial charge in [-0.1, -0.05) is 103 Å². The normalized spacial score (nSPS) is 13.4. The zero-order chi connectivity index (χ0) is 29.8. The number of esters is 1. The first-order chi connectivity index (χ1) is 19.2. The smallest absolute Gasteiger partial charge is 0.306 e. The van der Waals surface area contributed by atoms with E-state index in [0.717, 1.165) is 70.6 Å². The van der Waals surface area contributed by atoms with Gasteiger partial charge in [0.1, 0.15) is 6.10 Å². The van der Waals surface area contributed by atoms with Crippen LogP contribution >= 0.6 is 0 Å². The van der Waals surface area contributed by atoms with Crippen LogP contribution in [0, 0.1) is 0 Å². The van der Waals surface area contributed by atoms with Crippen LogP contribution in [0.5, 0.6) is 0 Å². The van der Waals surface area contributed by atoms with Crippen LogP contribution in [0.15, 0.2) is 83.1 Å². The molecule has 0 N–H and O–H groups in total. The van der Waals surface area contributed by atoms with E-state index < -0.39 is 0 Å². The summed E-state index contributed by atoms with van der Waals surface area (Å²) in [7, 11) is 0. The topological polar surface area (TPSA) is 26.3 Å². The van der Waals surface area contributed by atoms with E-state index in [4.69, 9.17) is 4.74 Å². The lowest BCUT2D eigenvalue weighted by molar-refractivity contribution is -0.146. The fourth-order valence-electron chi connectivity index (χ4n) is 4.26. The lowest BCUT2D eigenvalue weighted by Gasteiger charge is -2.15. The maximum absolute atomic E-state index is 12.7. The summed E-state index contributed by atoms with van der Waals surface area (Å²) in [4.78, 5) is 12.7. The first-order valence-corrected chi connectivity index (χ1v) is 16.0. The first-order valence-electron chi connectivity index (χ1n) is 16.0. The number of ether oxygens (including phenoxy) is 1. The molecule has 0 bridgehead atoms. The molecule has 0 aliphatic carbocycles. The van der Waals surface area contributed by atoms with E-state index in [1.807, 2.05) is 0 Å². The molecule has 1 unspecified atom stereocenters. The van der Waals surface area contributed by atoms with Crippen molar-refractivity contribution in [1.82, 2.24) is 0 Å². The lowest BCUT2D eigenvalue weighted by atomic mass is 10.0. The van der Waals surface area contributed by atoms with Gasteiger partial charge >= 0.3 is 5.97 Å². The number of rotatable bonds is 23. The molecular weight excluding hydrogens is 488 g/mol. The molecular formula is C38H62O2. The molecule has 1 atom stereocenters. The molecule has 2 heteroatoms. The number of hydrogen-bond acceptors (Lipinski definition) is 2. The van der Waals surface area contributed by atoms with Gasteiger partial charge in [0, 0.05) is 12.8 Å².